The van der Waals surface area contributed by atoms with Gasteiger partial charge in [-0.25, -0.2) is 8.78 Å². The molecule has 2 aliphatic heterocycles. The molecule has 3 aromatic rings. The number of hydrogen-bond acceptors (Lipinski definition) is 3. The van der Waals surface area contributed by atoms with Gasteiger partial charge in [-0.2, -0.15) is 0 Å². The summed E-state index contributed by atoms with van der Waals surface area (Å²) in [7, 11) is 0. The zero-order chi connectivity index (χ0) is 21.4. The molecular formula is C25H21F2NO3. The molecule has 1 saturated heterocycles. The summed E-state index contributed by atoms with van der Waals surface area (Å²) in [5, 5.41) is 0. The number of hydrogen-bond donors (Lipinski definition) is 0. The lowest BCUT2D eigenvalue weighted by Gasteiger charge is -2.33. The highest BCUT2D eigenvalue weighted by atomic mass is 19.1. The van der Waals surface area contributed by atoms with Crippen LogP contribution in [0.3, 0.4) is 0 Å². The number of nitrogens with zero attached hydrogens (tertiary/aromatic N) is 1. The monoisotopic (exact) mass is 421 g/mol. The van der Waals surface area contributed by atoms with E-state index in [1.807, 2.05) is 30.3 Å². The van der Waals surface area contributed by atoms with Crippen molar-refractivity contribution in [3.8, 4) is 11.5 Å². The van der Waals surface area contributed by atoms with Gasteiger partial charge in [0.25, 0.3) is 0 Å². The number of likely N-dealkylation sites (tertiary alicyclic amines) is 1. The molecule has 0 aliphatic carbocycles. The van der Waals surface area contributed by atoms with Gasteiger partial charge in [-0.3, -0.25) is 4.79 Å². The van der Waals surface area contributed by atoms with E-state index < -0.39 is 11.6 Å². The van der Waals surface area contributed by atoms with E-state index in [-0.39, 0.29) is 17.6 Å². The normalized spacial score (nSPS) is 22.4. The molecule has 0 bridgehead atoms. The number of rotatable bonds is 4. The summed E-state index contributed by atoms with van der Waals surface area (Å²) in [6.07, 6.45) is 3.30. The molecule has 5 rings (SSSR count). The van der Waals surface area contributed by atoms with Gasteiger partial charge in [-0.1, -0.05) is 30.3 Å². The summed E-state index contributed by atoms with van der Waals surface area (Å²) in [6, 6.07) is 17.8. The van der Waals surface area contributed by atoms with Crippen LogP contribution in [0.2, 0.25) is 0 Å². The quantitative estimate of drug-likeness (QED) is 0.535. The molecular weight excluding hydrogens is 400 g/mol. The van der Waals surface area contributed by atoms with Gasteiger partial charge in [0.15, 0.2) is 11.5 Å². The Balaban J connectivity index is 1.59. The Kier molecular flexibility index (Phi) is 4.85. The highest BCUT2D eigenvalue weighted by molar-refractivity contribution is 5.54. The van der Waals surface area contributed by atoms with Gasteiger partial charge in [0.2, 0.25) is 6.41 Å². The van der Waals surface area contributed by atoms with Crippen molar-refractivity contribution in [2.24, 2.45) is 0 Å². The Morgan fingerprint density at radius 3 is 2.29 bits per heavy atom. The third kappa shape index (κ3) is 3.32. The maximum absolute atomic E-state index is 15.1. The Morgan fingerprint density at radius 1 is 0.903 bits per heavy atom. The summed E-state index contributed by atoms with van der Waals surface area (Å²) in [6.45, 7) is 0.603. The first kappa shape index (κ1) is 19.5. The van der Waals surface area contributed by atoms with E-state index in [0.717, 1.165) is 19.3 Å². The van der Waals surface area contributed by atoms with Gasteiger partial charge in [0, 0.05) is 29.3 Å². The minimum absolute atomic E-state index is 0.267. The SMILES string of the molecule is O=CN1CCCCC1c1cc2c(cc1F)OC(c1ccccc1)(c1ccc(F)cc1)O2. The van der Waals surface area contributed by atoms with Crippen LogP contribution in [0.15, 0.2) is 66.7 Å². The molecule has 0 N–H and O–H groups in total. The molecule has 4 nitrogen and oxygen atoms in total. The van der Waals surface area contributed by atoms with Gasteiger partial charge < -0.3 is 14.4 Å². The van der Waals surface area contributed by atoms with Crippen LogP contribution in [0.1, 0.15) is 42.0 Å². The molecule has 158 valence electrons. The first-order chi connectivity index (χ1) is 15.1. The maximum atomic E-state index is 15.1. The first-order valence-corrected chi connectivity index (χ1v) is 10.3. The van der Waals surface area contributed by atoms with E-state index >= 15 is 4.39 Å². The van der Waals surface area contributed by atoms with E-state index in [2.05, 4.69) is 0 Å². The number of piperidine rings is 1. The summed E-state index contributed by atoms with van der Waals surface area (Å²) in [4.78, 5) is 13.1. The van der Waals surface area contributed by atoms with Crippen LogP contribution < -0.4 is 9.47 Å². The molecule has 0 radical (unpaired) electrons. The molecule has 0 spiro atoms. The van der Waals surface area contributed by atoms with Crippen molar-refractivity contribution in [1.29, 1.82) is 0 Å². The molecule has 2 atom stereocenters. The van der Waals surface area contributed by atoms with Crippen LogP contribution in [0.25, 0.3) is 0 Å². The smallest absolute Gasteiger partial charge is 0.305 e. The molecule has 0 saturated carbocycles. The third-order valence-corrected chi connectivity index (χ3v) is 5.99. The van der Waals surface area contributed by atoms with Crippen LogP contribution in [0.4, 0.5) is 8.78 Å². The van der Waals surface area contributed by atoms with Gasteiger partial charge in [0.1, 0.15) is 11.6 Å². The third-order valence-electron chi connectivity index (χ3n) is 5.99. The fourth-order valence-electron chi connectivity index (χ4n) is 4.44. The Hall–Kier alpha value is -3.41. The summed E-state index contributed by atoms with van der Waals surface area (Å²) in [5.41, 5.74) is 1.70. The standard InChI is InChI=1S/C25H21F2NO3/c26-19-11-9-18(10-12-19)25(17-6-2-1-3-7-17)30-23-14-20(21(27)15-24(23)31-25)22-8-4-5-13-28(22)16-29/h1-3,6-7,9-12,14-16,22H,4-5,8,13H2. The second-order valence-corrected chi connectivity index (χ2v) is 7.87. The number of carbonyl (C=O) groups is 1. The fraction of sp³-hybridized carbons (Fsp3) is 0.240. The average molecular weight is 421 g/mol. The number of halogens is 2. The number of fused-ring (bicyclic) bond motifs is 1. The van der Waals surface area contributed by atoms with Crippen LogP contribution in [0.5, 0.6) is 11.5 Å². The van der Waals surface area contributed by atoms with Gasteiger partial charge in [-0.05, 0) is 49.6 Å². The summed E-state index contributed by atoms with van der Waals surface area (Å²) >= 11 is 0. The number of benzene rings is 3. The van der Waals surface area contributed by atoms with E-state index in [1.165, 1.54) is 18.2 Å². The van der Waals surface area contributed by atoms with Crippen molar-refractivity contribution >= 4 is 6.41 Å². The van der Waals surface area contributed by atoms with Crippen molar-refractivity contribution in [2.45, 2.75) is 31.1 Å². The zero-order valence-electron chi connectivity index (χ0n) is 16.8. The predicted molar refractivity (Wildman–Crippen MR) is 111 cm³/mol. The van der Waals surface area contributed by atoms with E-state index in [9.17, 15) is 9.18 Å². The lowest BCUT2D eigenvalue weighted by Crippen LogP contribution is -2.36. The molecule has 3 aromatic carbocycles. The Labute approximate surface area is 179 Å². The van der Waals surface area contributed by atoms with Crippen molar-refractivity contribution in [2.75, 3.05) is 6.54 Å². The average Bonchev–Trinajstić information content (AvgIpc) is 3.19. The van der Waals surface area contributed by atoms with E-state index in [4.69, 9.17) is 9.47 Å². The number of amides is 1. The van der Waals surface area contributed by atoms with Gasteiger partial charge in [-0.15, -0.1) is 0 Å². The summed E-state index contributed by atoms with van der Waals surface area (Å²) < 4.78 is 41.3. The number of carbonyl (C=O) groups excluding carboxylic acids is 1. The molecule has 2 unspecified atom stereocenters. The molecule has 31 heavy (non-hydrogen) atoms. The fourth-order valence-corrected chi connectivity index (χ4v) is 4.44. The van der Waals surface area contributed by atoms with Gasteiger partial charge >= 0.3 is 5.79 Å². The highest BCUT2D eigenvalue weighted by Crippen LogP contribution is 2.49. The Bertz CT molecular complexity index is 1100. The maximum Gasteiger partial charge on any atom is 0.305 e. The van der Waals surface area contributed by atoms with Crippen LogP contribution >= 0.6 is 0 Å². The molecule has 1 amide bonds. The molecule has 0 aromatic heterocycles. The van der Waals surface area contributed by atoms with Crippen LogP contribution in [0, 0.1) is 11.6 Å². The van der Waals surface area contributed by atoms with Crippen molar-refractivity contribution in [1.82, 2.24) is 4.90 Å². The molecule has 2 aliphatic rings. The van der Waals surface area contributed by atoms with Crippen LogP contribution in [-0.4, -0.2) is 17.9 Å². The Morgan fingerprint density at radius 2 is 1.58 bits per heavy atom. The summed E-state index contributed by atoms with van der Waals surface area (Å²) in [5.74, 6) is -1.52. The minimum Gasteiger partial charge on any atom is -0.440 e. The van der Waals surface area contributed by atoms with Crippen molar-refractivity contribution in [3.63, 3.8) is 0 Å². The largest absolute Gasteiger partial charge is 0.440 e. The molecule has 2 heterocycles. The lowest BCUT2D eigenvalue weighted by atomic mass is 9.95. The van der Waals surface area contributed by atoms with Crippen LogP contribution in [-0.2, 0) is 10.6 Å². The topological polar surface area (TPSA) is 38.8 Å². The van der Waals surface area contributed by atoms with E-state index in [1.54, 1.807) is 23.1 Å². The van der Waals surface area contributed by atoms with E-state index in [0.29, 0.717) is 35.4 Å². The predicted octanol–water partition coefficient (Wildman–Crippen LogP) is 5.32. The highest BCUT2D eigenvalue weighted by Gasteiger charge is 2.46. The molecule has 6 heteroatoms. The molecule has 1 fully saturated rings. The second-order valence-electron chi connectivity index (χ2n) is 7.87. The lowest BCUT2D eigenvalue weighted by molar-refractivity contribution is -0.121. The zero-order valence-corrected chi connectivity index (χ0v) is 16.8. The van der Waals surface area contributed by atoms with Crippen molar-refractivity contribution in [3.05, 3.63) is 95.1 Å². The second kappa shape index (κ2) is 7.69. The van der Waals surface area contributed by atoms with Gasteiger partial charge in [0.05, 0.1) is 6.04 Å². The number of ether oxygens (including phenoxy) is 2. The first-order valence-electron chi connectivity index (χ1n) is 10.3. The minimum atomic E-state index is -1.36. The van der Waals surface area contributed by atoms with Crippen molar-refractivity contribution < 1.29 is 23.0 Å².